The number of nitrogens with zero attached hydrogens (tertiary/aromatic N) is 1. The van der Waals surface area contributed by atoms with E-state index >= 15 is 0 Å². The normalized spacial score (nSPS) is 21.0. The Balaban J connectivity index is 1.86. The highest BCUT2D eigenvalue weighted by Gasteiger charge is 2.35. The SMILES string of the molecule is S=CN(c1ccccc1)P(C1CCCCC1)C1CCCCC1. The van der Waals surface area contributed by atoms with Gasteiger partial charge in [-0.1, -0.05) is 68.9 Å². The number of hydrogen-bond donors (Lipinski definition) is 0. The number of hydrogen-bond acceptors (Lipinski definition) is 1. The van der Waals surface area contributed by atoms with Crippen molar-refractivity contribution in [1.29, 1.82) is 0 Å². The zero-order chi connectivity index (χ0) is 15.2. The molecule has 2 aliphatic carbocycles. The molecule has 0 atom stereocenters. The quantitative estimate of drug-likeness (QED) is 0.446. The van der Waals surface area contributed by atoms with Gasteiger partial charge < -0.3 is 4.67 Å². The second kappa shape index (κ2) is 8.41. The summed E-state index contributed by atoms with van der Waals surface area (Å²) in [5, 5.41) is 0. The van der Waals surface area contributed by atoms with Crippen molar-refractivity contribution in [2.75, 3.05) is 4.67 Å². The van der Waals surface area contributed by atoms with Crippen LogP contribution in [0.25, 0.3) is 0 Å². The minimum Gasteiger partial charge on any atom is -0.316 e. The highest BCUT2D eigenvalue weighted by Crippen LogP contribution is 2.58. The van der Waals surface area contributed by atoms with E-state index in [9.17, 15) is 0 Å². The van der Waals surface area contributed by atoms with Gasteiger partial charge in [-0.3, -0.25) is 0 Å². The van der Waals surface area contributed by atoms with E-state index in [-0.39, 0.29) is 8.07 Å². The van der Waals surface area contributed by atoms with E-state index in [1.54, 1.807) is 0 Å². The Hall–Kier alpha value is -0.460. The van der Waals surface area contributed by atoms with Crippen molar-refractivity contribution in [3.05, 3.63) is 30.3 Å². The van der Waals surface area contributed by atoms with Crippen LogP contribution < -0.4 is 4.67 Å². The van der Waals surface area contributed by atoms with Crippen molar-refractivity contribution in [1.82, 2.24) is 0 Å². The molecule has 3 heteroatoms. The molecule has 0 saturated heterocycles. The molecule has 2 saturated carbocycles. The van der Waals surface area contributed by atoms with Crippen molar-refractivity contribution in [2.45, 2.75) is 75.5 Å². The first-order chi connectivity index (χ1) is 10.9. The van der Waals surface area contributed by atoms with Crippen LogP contribution in [0.3, 0.4) is 0 Å². The third-order valence-electron chi connectivity index (χ3n) is 5.27. The zero-order valence-electron chi connectivity index (χ0n) is 13.5. The van der Waals surface area contributed by atoms with Gasteiger partial charge in [-0.25, -0.2) is 0 Å². The summed E-state index contributed by atoms with van der Waals surface area (Å²) in [4.78, 5) is 0. The average molecular weight is 333 g/mol. The van der Waals surface area contributed by atoms with E-state index in [1.807, 2.05) is 5.49 Å². The van der Waals surface area contributed by atoms with Gasteiger partial charge in [-0.2, -0.15) is 0 Å². The standard InChI is InChI=1S/C19H28NPS/c22-16-20(17-10-4-1-5-11-17)21(18-12-6-2-7-13-18)19-14-8-3-9-15-19/h1,4-5,10-11,16,18-19H,2-3,6-9,12-15H2. The van der Waals surface area contributed by atoms with Crippen LogP contribution in [0.2, 0.25) is 0 Å². The number of benzene rings is 1. The van der Waals surface area contributed by atoms with E-state index in [0.717, 1.165) is 11.3 Å². The molecule has 0 unspecified atom stereocenters. The van der Waals surface area contributed by atoms with Crippen molar-refractivity contribution < 1.29 is 0 Å². The molecule has 0 aromatic heterocycles. The molecule has 1 aromatic rings. The van der Waals surface area contributed by atoms with Gasteiger partial charge in [0.2, 0.25) is 0 Å². The lowest BCUT2D eigenvalue weighted by Crippen LogP contribution is -2.30. The number of anilines is 1. The number of para-hydroxylation sites is 1. The molecule has 2 fully saturated rings. The maximum Gasteiger partial charge on any atom is 0.0719 e. The van der Waals surface area contributed by atoms with Crippen LogP contribution in [0.1, 0.15) is 64.2 Å². The lowest BCUT2D eigenvalue weighted by molar-refractivity contribution is 0.484. The molecule has 3 rings (SSSR count). The van der Waals surface area contributed by atoms with Crippen molar-refractivity contribution >= 4 is 31.5 Å². The minimum absolute atomic E-state index is 0.163. The second-order valence-electron chi connectivity index (χ2n) is 6.75. The molecular formula is C19H28NPS. The highest BCUT2D eigenvalue weighted by molar-refractivity contribution is 7.80. The van der Waals surface area contributed by atoms with Crippen LogP contribution in [0, 0.1) is 0 Å². The molecule has 0 spiro atoms. The van der Waals surface area contributed by atoms with E-state index in [2.05, 4.69) is 35.0 Å². The third kappa shape index (κ3) is 3.89. The summed E-state index contributed by atoms with van der Waals surface area (Å²) in [6.07, 6.45) is 14.3. The fourth-order valence-corrected chi connectivity index (χ4v) is 8.22. The van der Waals surface area contributed by atoms with Gasteiger partial charge in [0.05, 0.1) is 5.49 Å². The fourth-order valence-electron chi connectivity index (χ4n) is 4.17. The third-order valence-corrected chi connectivity index (χ3v) is 9.01. The lowest BCUT2D eigenvalue weighted by Gasteiger charge is -2.43. The highest BCUT2D eigenvalue weighted by atomic mass is 32.1. The summed E-state index contributed by atoms with van der Waals surface area (Å²) in [7, 11) is -0.163. The first-order valence-corrected chi connectivity index (χ1v) is 10.9. The van der Waals surface area contributed by atoms with Gasteiger partial charge in [-0.15, -0.1) is 0 Å². The monoisotopic (exact) mass is 333 g/mol. The second-order valence-corrected chi connectivity index (χ2v) is 9.61. The van der Waals surface area contributed by atoms with Gasteiger partial charge in [0.15, 0.2) is 0 Å². The minimum atomic E-state index is -0.163. The summed E-state index contributed by atoms with van der Waals surface area (Å²) in [5.74, 6) is 0. The molecule has 0 amide bonds. The maximum atomic E-state index is 5.49. The Bertz CT molecular complexity index is 434. The fraction of sp³-hybridized carbons (Fsp3) is 0.632. The van der Waals surface area contributed by atoms with Crippen molar-refractivity contribution in [2.24, 2.45) is 0 Å². The predicted octanol–water partition coefficient (Wildman–Crippen LogP) is 6.51. The average Bonchev–Trinajstić information content (AvgIpc) is 2.62. The van der Waals surface area contributed by atoms with Crippen molar-refractivity contribution in [3.63, 3.8) is 0 Å². The van der Waals surface area contributed by atoms with E-state index in [4.69, 9.17) is 12.2 Å². The Morgan fingerprint density at radius 1 is 0.818 bits per heavy atom. The Morgan fingerprint density at radius 2 is 1.32 bits per heavy atom. The summed E-state index contributed by atoms with van der Waals surface area (Å²) < 4.78 is 2.51. The summed E-state index contributed by atoms with van der Waals surface area (Å²) >= 11 is 5.49. The first-order valence-electron chi connectivity index (χ1n) is 8.98. The van der Waals surface area contributed by atoms with Gasteiger partial charge >= 0.3 is 0 Å². The Labute approximate surface area is 142 Å². The van der Waals surface area contributed by atoms with Gasteiger partial charge in [0, 0.05) is 13.8 Å². The van der Waals surface area contributed by atoms with Gasteiger partial charge in [0.1, 0.15) is 0 Å². The molecule has 22 heavy (non-hydrogen) atoms. The molecule has 0 heterocycles. The zero-order valence-corrected chi connectivity index (χ0v) is 15.2. The summed E-state index contributed by atoms with van der Waals surface area (Å²) in [5.41, 5.74) is 5.07. The van der Waals surface area contributed by atoms with Crippen LogP contribution in [0.5, 0.6) is 0 Å². The Kier molecular flexibility index (Phi) is 6.27. The van der Waals surface area contributed by atoms with Crippen LogP contribution in [-0.4, -0.2) is 16.8 Å². The van der Waals surface area contributed by atoms with Crippen LogP contribution in [0.4, 0.5) is 5.69 Å². The van der Waals surface area contributed by atoms with Gasteiger partial charge in [0.25, 0.3) is 0 Å². The van der Waals surface area contributed by atoms with Gasteiger partial charge in [-0.05, 0) is 49.1 Å². The topological polar surface area (TPSA) is 3.24 Å². The molecular weight excluding hydrogens is 305 g/mol. The van der Waals surface area contributed by atoms with E-state index in [0.29, 0.717) is 0 Å². The molecule has 2 aliphatic rings. The molecule has 0 N–H and O–H groups in total. The van der Waals surface area contributed by atoms with Crippen LogP contribution in [-0.2, 0) is 0 Å². The summed E-state index contributed by atoms with van der Waals surface area (Å²) in [6.45, 7) is 0. The largest absolute Gasteiger partial charge is 0.316 e. The van der Waals surface area contributed by atoms with Crippen LogP contribution >= 0.6 is 20.3 Å². The Morgan fingerprint density at radius 3 is 1.77 bits per heavy atom. The first kappa shape index (κ1) is 16.4. The van der Waals surface area contributed by atoms with Crippen molar-refractivity contribution in [3.8, 4) is 0 Å². The molecule has 0 radical (unpaired) electrons. The molecule has 0 bridgehead atoms. The van der Waals surface area contributed by atoms with E-state index in [1.165, 1.54) is 69.9 Å². The van der Waals surface area contributed by atoms with Crippen LogP contribution in [0.15, 0.2) is 30.3 Å². The molecule has 1 aromatic carbocycles. The lowest BCUT2D eigenvalue weighted by atomic mass is 10.00. The van der Waals surface area contributed by atoms with E-state index < -0.39 is 0 Å². The summed E-state index contributed by atoms with van der Waals surface area (Å²) in [6, 6.07) is 10.9. The number of thiocarbonyl (C=S) groups is 1. The number of rotatable bonds is 5. The molecule has 120 valence electrons. The molecule has 0 aliphatic heterocycles. The predicted molar refractivity (Wildman–Crippen MR) is 103 cm³/mol. The molecule has 1 nitrogen and oxygen atoms in total. The smallest absolute Gasteiger partial charge is 0.0719 e. The maximum absolute atomic E-state index is 5.49.